The highest BCUT2D eigenvalue weighted by molar-refractivity contribution is 4.89. The van der Waals surface area contributed by atoms with Gasteiger partial charge < -0.3 is 0 Å². The van der Waals surface area contributed by atoms with Crippen LogP contribution in [-0.4, -0.2) is 40.6 Å². The SMILES string of the molecule is C1CCC(N(CN(C2CCCCC2)C2CCCCC2)C2CCCCC2)CC1. The molecule has 0 aromatic heterocycles. The average molecular weight is 375 g/mol. The number of hydrogen-bond donors (Lipinski definition) is 0. The molecule has 4 fully saturated rings. The summed E-state index contributed by atoms with van der Waals surface area (Å²) in [6.07, 6.45) is 29.7. The van der Waals surface area contributed by atoms with Crippen molar-refractivity contribution >= 4 is 0 Å². The van der Waals surface area contributed by atoms with Gasteiger partial charge in [0, 0.05) is 24.2 Å². The molecule has 4 saturated carbocycles. The highest BCUT2D eigenvalue weighted by atomic mass is 15.4. The van der Waals surface area contributed by atoms with E-state index < -0.39 is 0 Å². The number of hydrogen-bond acceptors (Lipinski definition) is 2. The molecule has 0 aromatic rings. The van der Waals surface area contributed by atoms with E-state index in [9.17, 15) is 0 Å². The van der Waals surface area contributed by atoms with Crippen LogP contribution in [0.3, 0.4) is 0 Å². The molecule has 156 valence electrons. The summed E-state index contributed by atoms with van der Waals surface area (Å²) in [6.45, 7) is 1.32. The quantitative estimate of drug-likeness (QED) is 0.468. The van der Waals surface area contributed by atoms with Gasteiger partial charge in [0.2, 0.25) is 0 Å². The normalized spacial score (nSPS) is 28.2. The molecule has 0 aromatic carbocycles. The molecule has 0 spiro atoms. The Labute approximate surface area is 169 Å². The highest BCUT2D eigenvalue weighted by Crippen LogP contribution is 2.34. The summed E-state index contributed by atoms with van der Waals surface area (Å²) in [7, 11) is 0. The molecule has 27 heavy (non-hydrogen) atoms. The van der Waals surface area contributed by atoms with Crippen molar-refractivity contribution in [2.75, 3.05) is 6.67 Å². The van der Waals surface area contributed by atoms with E-state index >= 15 is 0 Å². The third-order valence-corrected chi connectivity index (χ3v) is 8.50. The van der Waals surface area contributed by atoms with Crippen molar-refractivity contribution in [3.05, 3.63) is 0 Å². The molecule has 4 rings (SSSR count). The van der Waals surface area contributed by atoms with Gasteiger partial charge in [0.15, 0.2) is 0 Å². The maximum atomic E-state index is 3.08. The molecule has 0 radical (unpaired) electrons. The molecule has 4 aliphatic carbocycles. The largest absolute Gasteiger partial charge is 0.285 e. The van der Waals surface area contributed by atoms with Gasteiger partial charge in [0.25, 0.3) is 0 Å². The lowest BCUT2D eigenvalue weighted by molar-refractivity contribution is -0.0281. The van der Waals surface area contributed by atoms with Crippen molar-refractivity contribution in [3.63, 3.8) is 0 Å². The van der Waals surface area contributed by atoms with Crippen LogP contribution in [0.4, 0.5) is 0 Å². The third-order valence-electron chi connectivity index (χ3n) is 8.50. The first-order valence-electron chi connectivity index (χ1n) is 12.9. The van der Waals surface area contributed by atoms with Gasteiger partial charge in [-0.15, -0.1) is 0 Å². The first-order valence-corrected chi connectivity index (χ1v) is 12.9. The molecular formula is C25H46N2. The van der Waals surface area contributed by atoms with E-state index in [0.29, 0.717) is 0 Å². The Hall–Kier alpha value is -0.0800. The second kappa shape index (κ2) is 10.6. The van der Waals surface area contributed by atoms with Crippen LogP contribution in [0.1, 0.15) is 128 Å². The summed E-state index contributed by atoms with van der Waals surface area (Å²) in [5.41, 5.74) is 0. The van der Waals surface area contributed by atoms with Crippen LogP contribution < -0.4 is 0 Å². The average Bonchev–Trinajstić information content (AvgIpc) is 2.77. The van der Waals surface area contributed by atoms with E-state index in [0.717, 1.165) is 24.2 Å². The minimum Gasteiger partial charge on any atom is -0.285 e. The van der Waals surface area contributed by atoms with Crippen LogP contribution in [-0.2, 0) is 0 Å². The molecule has 0 saturated heterocycles. The standard InChI is InChI=1S/C25H46N2/c1-5-13-22(14-6-1)26(23-15-7-2-8-16-23)21-27(24-17-9-3-10-18-24)25-19-11-4-12-20-25/h22-25H,1-21H2. The van der Waals surface area contributed by atoms with E-state index in [-0.39, 0.29) is 0 Å². The molecule has 4 aliphatic rings. The minimum atomic E-state index is 0.900. The fraction of sp³-hybridized carbons (Fsp3) is 1.00. The molecule has 0 atom stereocenters. The number of nitrogens with zero attached hydrogens (tertiary/aromatic N) is 2. The first kappa shape index (κ1) is 20.2. The van der Waals surface area contributed by atoms with E-state index in [1.54, 1.807) is 0 Å². The topological polar surface area (TPSA) is 6.48 Å². The maximum Gasteiger partial charge on any atom is 0.0517 e. The summed E-state index contributed by atoms with van der Waals surface area (Å²) in [5, 5.41) is 0. The molecule has 2 heteroatoms. The van der Waals surface area contributed by atoms with Crippen LogP contribution in [0.5, 0.6) is 0 Å². The molecule has 0 heterocycles. The fourth-order valence-electron chi connectivity index (χ4n) is 6.90. The molecule has 2 nitrogen and oxygen atoms in total. The van der Waals surface area contributed by atoms with Crippen molar-refractivity contribution in [2.45, 2.75) is 153 Å². The van der Waals surface area contributed by atoms with Gasteiger partial charge in [0.05, 0.1) is 6.67 Å². The minimum absolute atomic E-state index is 0.900. The van der Waals surface area contributed by atoms with Gasteiger partial charge in [-0.05, 0) is 51.4 Å². The zero-order valence-electron chi connectivity index (χ0n) is 18.1. The molecular weight excluding hydrogens is 328 g/mol. The van der Waals surface area contributed by atoms with Gasteiger partial charge in [-0.3, -0.25) is 9.80 Å². The third kappa shape index (κ3) is 5.50. The predicted molar refractivity (Wildman–Crippen MR) is 116 cm³/mol. The first-order chi connectivity index (χ1) is 13.4. The second-order valence-corrected chi connectivity index (χ2v) is 10.3. The van der Waals surface area contributed by atoms with Crippen LogP contribution >= 0.6 is 0 Å². The molecule has 0 amide bonds. The van der Waals surface area contributed by atoms with Gasteiger partial charge in [-0.2, -0.15) is 0 Å². The zero-order chi connectivity index (χ0) is 18.3. The Bertz CT molecular complexity index is 325. The Morgan fingerprint density at radius 2 is 0.556 bits per heavy atom. The lowest BCUT2D eigenvalue weighted by atomic mass is 9.87. The summed E-state index contributed by atoms with van der Waals surface area (Å²) in [6, 6.07) is 3.60. The van der Waals surface area contributed by atoms with Crippen LogP contribution in [0.2, 0.25) is 0 Å². The van der Waals surface area contributed by atoms with Gasteiger partial charge in [-0.1, -0.05) is 77.0 Å². The summed E-state index contributed by atoms with van der Waals surface area (Å²) in [5.74, 6) is 0. The molecule has 0 bridgehead atoms. The highest BCUT2D eigenvalue weighted by Gasteiger charge is 2.35. The van der Waals surface area contributed by atoms with Crippen molar-refractivity contribution < 1.29 is 0 Å². The van der Waals surface area contributed by atoms with Crippen molar-refractivity contribution in [2.24, 2.45) is 0 Å². The smallest absolute Gasteiger partial charge is 0.0517 e. The Morgan fingerprint density at radius 1 is 0.333 bits per heavy atom. The molecule has 0 unspecified atom stereocenters. The fourth-order valence-corrected chi connectivity index (χ4v) is 6.90. The van der Waals surface area contributed by atoms with Crippen molar-refractivity contribution in [1.29, 1.82) is 0 Å². The van der Waals surface area contributed by atoms with Crippen LogP contribution in [0.15, 0.2) is 0 Å². The predicted octanol–water partition coefficient (Wildman–Crippen LogP) is 6.88. The van der Waals surface area contributed by atoms with E-state index in [1.807, 2.05) is 0 Å². The molecule has 0 N–H and O–H groups in total. The van der Waals surface area contributed by atoms with Gasteiger partial charge >= 0.3 is 0 Å². The lowest BCUT2D eigenvalue weighted by Gasteiger charge is -2.49. The summed E-state index contributed by atoms with van der Waals surface area (Å²) >= 11 is 0. The van der Waals surface area contributed by atoms with Crippen LogP contribution in [0.25, 0.3) is 0 Å². The van der Waals surface area contributed by atoms with Crippen molar-refractivity contribution in [3.8, 4) is 0 Å². The lowest BCUT2D eigenvalue weighted by Crippen LogP contribution is -2.56. The summed E-state index contributed by atoms with van der Waals surface area (Å²) in [4.78, 5) is 6.17. The van der Waals surface area contributed by atoms with Gasteiger partial charge in [-0.25, -0.2) is 0 Å². The molecule has 0 aliphatic heterocycles. The maximum absolute atomic E-state index is 3.08. The van der Waals surface area contributed by atoms with Crippen LogP contribution in [0, 0.1) is 0 Å². The Morgan fingerprint density at radius 3 is 0.778 bits per heavy atom. The zero-order valence-corrected chi connectivity index (χ0v) is 18.1. The Kier molecular flexibility index (Phi) is 7.95. The number of rotatable bonds is 6. The van der Waals surface area contributed by atoms with E-state index in [1.165, 1.54) is 135 Å². The Balaban J connectivity index is 1.49. The second-order valence-electron chi connectivity index (χ2n) is 10.3. The van der Waals surface area contributed by atoms with E-state index in [2.05, 4.69) is 9.80 Å². The monoisotopic (exact) mass is 374 g/mol. The van der Waals surface area contributed by atoms with E-state index in [4.69, 9.17) is 0 Å². The summed E-state index contributed by atoms with van der Waals surface area (Å²) < 4.78 is 0. The van der Waals surface area contributed by atoms with Crippen molar-refractivity contribution in [1.82, 2.24) is 9.80 Å². The van der Waals surface area contributed by atoms with Gasteiger partial charge in [0.1, 0.15) is 0 Å².